The van der Waals surface area contributed by atoms with E-state index in [9.17, 15) is 9.59 Å². The van der Waals surface area contributed by atoms with Crippen molar-refractivity contribution in [1.29, 1.82) is 0 Å². The van der Waals surface area contributed by atoms with Gasteiger partial charge in [0.1, 0.15) is 5.75 Å². The zero-order chi connectivity index (χ0) is 19.9. The highest BCUT2D eigenvalue weighted by Crippen LogP contribution is 2.24. The van der Waals surface area contributed by atoms with Crippen molar-refractivity contribution in [3.05, 3.63) is 46.7 Å². The molecule has 8 heteroatoms. The predicted octanol–water partition coefficient (Wildman–Crippen LogP) is 2.29. The van der Waals surface area contributed by atoms with E-state index in [0.29, 0.717) is 6.54 Å². The maximum Gasteiger partial charge on any atom is 0.321 e. The molecule has 0 unspecified atom stereocenters. The molecular formula is C20H26N4O3S. The van der Waals surface area contributed by atoms with Crippen LogP contribution in [0.25, 0.3) is 0 Å². The number of thiophene rings is 1. The number of nitrogens with zero attached hydrogens (tertiary/aromatic N) is 2. The summed E-state index contributed by atoms with van der Waals surface area (Å²) in [7, 11) is 1.66. The molecule has 2 aromatic rings. The fourth-order valence-electron chi connectivity index (χ4n) is 3.34. The van der Waals surface area contributed by atoms with Crippen LogP contribution in [-0.2, 0) is 11.3 Å². The van der Waals surface area contributed by atoms with Crippen molar-refractivity contribution in [1.82, 2.24) is 15.5 Å². The third-order valence-electron chi connectivity index (χ3n) is 4.72. The highest BCUT2D eigenvalue weighted by Gasteiger charge is 2.25. The minimum Gasteiger partial charge on any atom is -0.497 e. The molecule has 1 aliphatic heterocycles. The van der Waals surface area contributed by atoms with Gasteiger partial charge in [-0.15, -0.1) is 11.3 Å². The molecule has 0 aliphatic carbocycles. The lowest BCUT2D eigenvalue weighted by atomic mass is 10.1. The lowest BCUT2D eigenvalue weighted by molar-refractivity contribution is -0.121. The number of methoxy groups -OCH3 is 1. The molecule has 1 atom stereocenters. The van der Waals surface area contributed by atoms with Gasteiger partial charge in [0, 0.05) is 42.3 Å². The van der Waals surface area contributed by atoms with Gasteiger partial charge < -0.3 is 15.0 Å². The lowest BCUT2D eigenvalue weighted by Gasteiger charge is -2.41. The average molecular weight is 403 g/mol. The summed E-state index contributed by atoms with van der Waals surface area (Å²) in [4.78, 5) is 29.5. The van der Waals surface area contributed by atoms with Crippen LogP contribution in [0.3, 0.4) is 0 Å². The first-order valence-corrected chi connectivity index (χ1v) is 10.2. The van der Waals surface area contributed by atoms with Crippen LogP contribution in [0.1, 0.15) is 11.8 Å². The van der Waals surface area contributed by atoms with Crippen molar-refractivity contribution in [3.8, 4) is 5.75 Å². The van der Waals surface area contributed by atoms with Gasteiger partial charge in [0.05, 0.1) is 20.2 Å². The number of urea groups is 1. The van der Waals surface area contributed by atoms with E-state index in [1.165, 1.54) is 0 Å². The first-order valence-electron chi connectivity index (χ1n) is 9.28. The Morgan fingerprint density at radius 1 is 1.25 bits per heavy atom. The summed E-state index contributed by atoms with van der Waals surface area (Å²) in [5.74, 6) is 0.547. The summed E-state index contributed by atoms with van der Waals surface area (Å²) >= 11 is 1.56. The van der Waals surface area contributed by atoms with Crippen molar-refractivity contribution < 1.29 is 14.3 Å². The summed E-state index contributed by atoms with van der Waals surface area (Å²) in [5, 5.41) is 7.06. The maximum absolute atomic E-state index is 12.2. The number of benzene rings is 1. The minimum atomic E-state index is -0.457. The lowest BCUT2D eigenvalue weighted by Crippen LogP contribution is -2.54. The fourth-order valence-corrected chi connectivity index (χ4v) is 3.99. The SMILES string of the molecule is COc1cccc(N2CCN(CC(=O)NC(=O)NCc3cccs3)C[C@@H]2C)c1. The van der Waals surface area contributed by atoms with Crippen LogP contribution >= 0.6 is 11.3 Å². The van der Waals surface area contributed by atoms with Crippen molar-refractivity contribution in [2.24, 2.45) is 0 Å². The van der Waals surface area contributed by atoms with Crippen LogP contribution in [0.2, 0.25) is 0 Å². The molecular weight excluding hydrogens is 376 g/mol. The summed E-state index contributed by atoms with van der Waals surface area (Å²) in [6.45, 7) is 5.09. The third kappa shape index (κ3) is 5.46. The van der Waals surface area contributed by atoms with E-state index in [1.54, 1.807) is 18.4 Å². The largest absolute Gasteiger partial charge is 0.497 e. The Morgan fingerprint density at radius 2 is 2.11 bits per heavy atom. The normalized spacial score (nSPS) is 17.2. The number of imide groups is 1. The Balaban J connectivity index is 1.44. The van der Waals surface area contributed by atoms with Gasteiger partial charge >= 0.3 is 6.03 Å². The quantitative estimate of drug-likeness (QED) is 0.776. The van der Waals surface area contributed by atoms with Crippen LogP contribution in [0.15, 0.2) is 41.8 Å². The molecule has 150 valence electrons. The number of rotatable bonds is 6. The molecule has 28 heavy (non-hydrogen) atoms. The van der Waals surface area contributed by atoms with Crippen LogP contribution in [0, 0.1) is 0 Å². The van der Waals surface area contributed by atoms with Crippen molar-refractivity contribution in [3.63, 3.8) is 0 Å². The smallest absolute Gasteiger partial charge is 0.321 e. The van der Waals surface area contributed by atoms with E-state index in [2.05, 4.69) is 33.4 Å². The molecule has 1 aliphatic rings. The predicted molar refractivity (Wildman–Crippen MR) is 111 cm³/mol. The topological polar surface area (TPSA) is 73.9 Å². The van der Waals surface area contributed by atoms with Gasteiger partial charge in [-0.1, -0.05) is 12.1 Å². The number of piperazine rings is 1. The summed E-state index contributed by atoms with van der Waals surface area (Å²) in [5.41, 5.74) is 1.11. The number of carbonyl (C=O) groups excluding carboxylic acids is 2. The number of hydrogen-bond donors (Lipinski definition) is 2. The second kappa shape index (κ2) is 9.57. The Bertz CT molecular complexity index is 797. The molecule has 1 aromatic heterocycles. The number of nitrogens with one attached hydrogen (secondary N) is 2. The molecule has 2 N–H and O–H groups in total. The van der Waals surface area contributed by atoms with E-state index < -0.39 is 6.03 Å². The summed E-state index contributed by atoms with van der Waals surface area (Å²) < 4.78 is 5.31. The highest BCUT2D eigenvalue weighted by atomic mass is 32.1. The maximum atomic E-state index is 12.2. The Hall–Kier alpha value is -2.58. The molecule has 3 amide bonds. The molecule has 0 bridgehead atoms. The molecule has 3 rings (SSSR count). The Kier molecular flexibility index (Phi) is 6.89. The van der Waals surface area contributed by atoms with Crippen molar-refractivity contribution >= 4 is 29.0 Å². The van der Waals surface area contributed by atoms with Crippen LogP contribution in [0.5, 0.6) is 5.75 Å². The van der Waals surface area contributed by atoms with E-state index >= 15 is 0 Å². The van der Waals surface area contributed by atoms with Crippen LogP contribution in [-0.4, -0.2) is 56.2 Å². The molecule has 1 fully saturated rings. The number of ether oxygens (including phenoxy) is 1. The molecule has 0 spiro atoms. The number of amides is 3. The monoisotopic (exact) mass is 402 g/mol. The molecule has 1 aromatic carbocycles. The Morgan fingerprint density at radius 3 is 2.82 bits per heavy atom. The van der Waals surface area contributed by atoms with Gasteiger partial charge in [0.2, 0.25) is 5.91 Å². The minimum absolute atomic E-state index is 0.211. The molecule has 2 heterocycles. The molecule has 0 radical (unpaired) electrons. The fraction of sp³-hybridized carbons (Fsp3) is 0.400. The van der Waals surface area contributed by atoms with Gasteiger partial charge in [-0.25, -0.2) is 4.79 Å². The number of anilines is 1. The van der Waals surface area contributed by atoms with Crippen molar-refractivity contribution in [2.75, 3.05) is 38.2 Å². The van der Waals surface area contributed by atoms with Crippen LogP contribution in [0.4, 0.5) is 10.5 Å². The second-order valence-corrected chi connectivity index (χ2v) is 7.82. The van der Waals surface area contributed by atoms with Gasteiger partial charge in [-0.2, -0.15) is 0 Å². The van der Waals surface area contributed by atoms with E-state index in [-0.39, 0.29) is 18.5 Å². The Labute approximate surface area is 169 Å². The van der Waals surface area contributed by atoms with Crippen LogP contribution < -0.4 is 20.3 Å². The zero-order valence-electron chi connectivity index (χ0n) is 16.2. The van der Waals surface area contributed by atoms with Gasteiger partial charge in [-0.05, 0) is 30.5 Å². The van der Waals surface area contributed by atoms with E-state index in [1.807, 2.05) is 35.7 Å². The zero-order valence-corrected chi connectivity index (χ0v) is 17.0. The number of carbonyl (C=O) groups is 2. The number of hydrogen-bond acceptors (Lipinski definition) is 6. The first kappa shape index (κ1) is 20.2. The summed E-state index contributed by atoms with van der Waals surface area (Å²) in [6, 6.07) is 11.7. The average Bonchev–Trinajstić information content (AvgIpc) is 3.20. The molecule has 7 nitrogen and oxygen atoms in total. The second-order valence-electron chi connectivity index (χ2n) is 6.79. The van der Waals surface area contributed by atoms with Gasteiger partial charge in [0.15, 0.2) is 0 Å². The summed E-state index contributed by atoms with van der Waals surface area (Å²) in [6.07, 6.45) is 0. The first-order chi connectivity index (χ1) is 13.5. The van der Waals surface area contributed by atoms with E-state index in [4.69, 9.17) is 4.74 Å². The molecule has 0 saturated carbocycles. The van der Waals surface area contributed by atoms with Crippen molar-refractivity contribution in [2.45, 2.75) is 19.5 Å². The third-order valence-corrected chi connectivity index (χ3v) is 5.60. The molecule has 1 saturated heterocycles. The van der Waals surface area contributed by atoms with Gasteiger partial charge in [0.25, 0.3) is 0 Å². The van der Waals surface area contributed by atoms with Gasteiger partial charge in [-0.3, -0.25) is 15.0 Å². The van der Waals surface area contributed by atoms with E-state index in [0.717, 1.165) is 35.9 Å². The highest BCUT2D eigenvalue weighted by molar-refractivity contribution is 7.09. The standard InChI is InChI=1S/C20H26N4O3S/c1-15-13-23(8-9-24(15)16-5-3-6-17(11-16)27-2)14-19(25)22-20(26)21-12-18-7-4-10-28-18/h3-7,10-11,15H,8-9,12-14H2,1-2H3,(H2,21,22,25,26)/t15-/m0/s1.